The Morgan fingerprint density at radius 1 is 1.30 bits per heavy atom. The number of esters is 1. The van der Waals surface area contributed by atoms with Gasteiger partial charge in [-0.25, -0.2) is 14.2 Å². The van der Waals surface area contributed by atoms with Gasteiger partial charge in [-0.1, -0.05) is 25.3 Å². The van der Waals surface area contributed by atoms with Gasteiger partial charge in [-0.15, -0.1) is 0 Å². The lowest BCUT2D eigenvalue weighted by atomic mass is 9.95. The van der Waals surface area contributed by atoms with Gasteiger partial charge in [0.2, 0.25) is 0 Å². The van der Waals surface area contributed by atoms with Crippen LogP contribution in [0.25, 0.3) is 22.2 Å². The average Bonchev–Trinajstić information content (AvgIpc) is 3.17. The van der Waals surface area contributed by atoms with Crippen molar-refractivity contribution in [3.8, 4) is 11.1 Å². The summed E-state index contributed by atoms with van der Waals surface area (Å²) in [6, 6.07) is 6.26. The van der Waals surface area contributed by atoms with Gasteiger partial charge in [0.05, 0.1) is 40.5 Å². The summed E-state index contributed by atoms with van der Waals surface area (Å²) in [5.41, 5.74) is 5.87. The quantitative estimate of drug-likeness (QED) is 0.289. The number of halogens is 1. The minimum absolute atomic E-state index is 0.267. The van der Waals surface area contributed by atoms with E-state index in [0.29, 0.717) is 11.6 Å². The first-order valence-corrected chi connectivity index (χ1v) is 9.74. The van der Waals surface area contributed by atoms with Gasteiger partial charge < -0.3 is 15.0 Å². The van der Waals surface area contributed by atoms with Crippen LogP contribution in [0.15, 0.2) is 30.6 Å². The van der Waals surface area contributed by atoms with Gasteiger partial charge in [0.15, 0.2) is 0 Å². The van der Waals surface area contributed by atoms with E-state index in [9.17, 15) is 19.3 Å². The van der Waals surface area contributed by atoms with E-state index in [1.165, 1.54) is 19.3 Å². The number of benzene rings is 2. The number of methoxy groups -OCH3 is 1. The van der Waals surface area contributed by atoms with E-state index in [2.05, 4.69) is 14.3 Å². The third-order valence-corrected chi connectivity index (χ3v) is 5.71. The lowest BCUT2D eigenvalue weighted by Crippen LogP contribution is -2.11. The highest BCUT2D eigenvalue weighted by Crippen LogP contribution is 2.40. The maximum Gasteiger partial charge on any atom is 0.340 e. The van der Waals surface area contributed by atoms with Crippen molar-refractivity contribution in [2.24, 2.45) is 0 Å². The summed E-state index contributed by atoms with van der Waals surface area (Å²) in [4.78, 5) is 27.2. The standard InChI is InChI=1S/C21H21FN4O4/c1-30-21(27)14-10-15(22)18(20(19(14)23)26(28)29)12-7-8-17-16(9-12)24-11-25(17)13-5-3-2-4-6-13/h7-11,13H,2-6,23H2,1H3. The molecule has 0 saturated heterocycles. The molecule has 1 aliphatic carbocycles. The highest BCUT2D eigenvalue weighted by atomic mass is 19.1. The summed E-state index contributed by atoms with van der Waals surface area (Å²) in [6.07, 6.45) is 7.51. The first-order valence-electron chi connectivity index (χ1n) is 9.74. The van der Waals surface area contributed by atoms with Gasteiger partial charge in [-0.3, -0.25) is 10.1 Å². The maximum atomic E-state index is 14.9. The zero-order valence-electron chi connectivity index (χ0n) is 16.4. The van der Waals surface area contributed by atoms with Gasteiger partial charge in [-0.05, 0) is 36.6 Å². The van der Waals surface area contributed by atoms with Crippen molar-refractivity contribution in [3.63, 3.8) is 0 Å². The Hall–Kier alpha value is -3.49. The number of anilines is 1. The Morgan fingerprint density at radius 3 is 2.70 bits per heavy atom. The molecule has 0 bridgehead atoms. The summed E-state index contributed by atoms with van der Waals surface area (Å²) in [5.74, 6) is -1.87. The molecule has 0 amide bonds. The van der Waals surface area contributed by atoms with Crippen LogP contribution in [-0.2, 0) is 4.74 Å². The molecule has 0 aliphatic heterocycles. The number of nitro benzene ring substituents is 1. The molecule has 1 aromatic heterocycles. The van der Waals surface area contributed by atoms with Gasteiger partial charge in [0, 0.05) is 6.04 Å². The molecule has 0 atom stereocenters. The molecule has 0 spiro atoms. The molecule has 1 fully saturated rings. The average molecular weight is 412 g/mol. The highest BCUT2D eigenvalue weighted by molar-refractivity contribution is 6.00. The zero-order valence-corrected chi connectivity index (χ0v) is 16.4. The Kier molecular flexibility index (Phi) is 5.11. The molecular formula is C21H21FN4O4. The van der Waals surface area contributed by atoms with Crippen molar-refractivity contribution in [2.45, 2.75) is 38.1 Å². The number of hydrogen-bond acceptors (Lipinski definition) is 6. The Labute approximate surface area is 171 Å². The first kappa shape index (κ1) is 19.8. The third kappa shape index (κ3) is 3.26. The van der Waals surface area contributed by atoms with Crippen LogP contribution in [0.2, 0.25) is 0 Å². The second-order valence-electron chi connectivity index (χ2n) is 7.44. The van der Waals surface area contributed by atoms with Gasteiger partial charge >= 0.3 is 11.7 Å². The molecule has 30 heavy (non-hydrogen) atoms. The number of aromatic nitrogens is 2. The summed E-state index contributed by atoms with van der Waals surface area (Å²) < 4.78 is 21.6. The molecule has 1 saturated carbocycles. The lowest BCUT2D eigenvalue weighted by molar-refractivity contribution is -0.383. The van der Waals surface area contributed by atoms with Crippen LogP contribution in [0.3, 0.4) is 0 Å². The van der Waals surface area contributed by atoms with Crippen molar-refractivity contribution in [1.29, 1.82) is 0 Å². The number of rotatable bonds is 4. The SMILES string of the molecule is COC(=O)c1cc(F)c(-c2ccc3c(c2)ncn3C2CCCCC2)c([N+](=O)[O-])c1N. The minimum atomic E-state index is -0.942. The zero-order chi connectivity index (χ0) is 21.4. The molecule has 156 valence electrons. The van der Waals surface area contributed by atoms with Crippen molar-refractivity contribution in [2.75, 3.05) is 12.8 Å². The van der Waals surface area contributed by atoms with E-state index in [-0.39, 0.29) is 16.7 Å². The van der Waals surface area contributed by atoms with E-state index < -0.39 is 28.1 Å². The fraction of sp³-hybridized carbons (Fsp3) is 0.333. The topological polar surface area (TPSA) is 113 Å². The molecule has 9 heteroatoms. The van der Waals surface area contributed by atoms with E-state index in [4.69, 9.17) is 5.73 Å². The van der Waals surface area contributed by atoms with E-state index in [1.807, 2.05) is 0 Å². The van der Waals surface area contributed by atoms with Crippen LogP contribution < -0.4 is 5.73 Å². The van der Waals surface area contributed by atoms with Gasteiger partial charge in [-0.2, -0.15) is 0 Å². The summed E-state index contributed by atoms with van der Waals surface area (Å²) >= 11 is 0. The number of carbonyl (C=O) groups is 1. The molecule has 8 nitrogen and oxygen atoms in total. The van der Waals surface area contributed by atoms with E-state index in [1.54, 1.807) is 24.5 Å². The van der Waals surface area contributed by atoms with Gasteiger partial charge in [0.25, 0.3) is 0 Å². The number of nitrogens with zero attached hydrogens (tertiary/aromatic N) is 3. The van der Waals surface area contributed by atoms with Gasteiger partial charge in [0.1, 0.15) is 11.5 Å². The molecule has 0 radical (unpaired) electrons. The Balaban J connectivity index is 1.85. The van der Waals surface area contributed by atoms with Crippen molar-refractivity contribution >= 4 is 28.4 Å². The number of hydrogen-bond donors (Lipinski definition) is 1. The Morgan fingerprint density at radius 2 is 2.03 bits per heavy atom. The molecule has 2 aromatic carbocycles. The normalized spacial score (nSPS) is 14.7. The van der Waals surface area contributed by atoms with Crippen LogP contribution in [0.4, 0.5) is 15.8 Å². The highest BCUT2D eigenvalue weighted by Gasteiger charge is 2.30. The largest absolute Gasteiger partial charge is 0.465 e. The van der Waals surface area contributed by atoms with E-state index in [0.717, 1.165) is 31.5 Å². The Bertz CT molecular complexity index is 1150. The summed E-state index contributed by atoms with van der Waals surface area (Å²) in [6.45, 7) is 0. The number of nitro groups is 1. The predicted octanol–water partition coefficient (Wildman–Crippen LogP) is 4.62. The van der Waals surface area contributed by atoms with Crippen LogP contribution in [0, 0.1) is 15.9 Å². The number of carbonyl (C=O) groups excluding carboxylic acids is 1. The molecular weight excluding hydrogens is 391 g/mol. The van der Waals surface area contributed by atoms with Crippen molar-refractivity contribution < 1.29 is 18.8 Å². The molecule has 3 aromatic rings. The number of fused-ring (bicyclic) bond motifs is 1. The second kappa shape index (κ2) is 7.74. The first-order chi connectivity index (χ1) is 14.4. The monoisotopic (exact) mass is 412 g/mol. The third-order valence-electron chi connectivity index (χ3n) is 5.71. The number of imidazole rings is 1. The van der Waals surface area contributed by atoms with Crippen LogP contribution in [0.5, 0.6) is 0 Å². The summed E-state index contributed by atoms with van der Waals surface area (Å²) in [5, 5.41) is 11.7. The van der Waals surface area contributed by atoms with Crippen LogP contribution >= 0.6 is 0 Å². The fourth-order valence-electron chi connectivity index (χ4n) is 4.23. The molecule has 2 N–H and O–H groups in total. The molecule has 1 heterocycles. The molecule has 4 rings (SSSR count). The van der Waals surface area contributed by atoms with Crippen molar-refractivity contribution in [1.82, 2.24) is 9.55 Å². The number of nitrogens with two attached hydrogens (primary N) is 1. The summed E-state index contributed by atoms with van der Waals surface area (Å²) in [7, 11) is 1.09. The molecule has 0 unspecified atom stereocenters. The smallest absolute Gasteiger partial charge is 0.340 e. The van der Waals surface area contributed by atoms with Crippen LogP contribution in [0.1, 0.15) is 48.5 Å². The predicted molar refractivity (Wildman–Crippen MR) is 110 cm³/mol. The fourth-order valence-corrected chi connectivity index (χ4v) is 4.23. The number of nitrogen functional groups attached to an aromatic ring is 1. The maximum absolute atomic E-state index is 14.9. The van der Waals surface area contributed by atoms with Crippen LogP contribution in [-0.4, -0.2) is 27.6 Å². The van der Waals surface area contributed by atoms with Crippen molar-refractivity contribution in [3.05, 3.63) is 52.1 Å². The minimum Gasteiger partial charge on any atom is -0.465 e. The van der Waals surface area contributed by atoms with E-state index >= 15 is 0 Å². The lowest BCUT2D eigenvalue weighted by Gasteiger charge is -2.23. The second-order valence-corrected chi connectivity index (χ2v) is 7.44. The molecule has 1 aliphatic rings. The number of ether oxygens (including phenoxy) is 1.